The first-order chi connectivity index (χ1) is 18.6. The molecule has 0 saturated carbocycles. The number of aliphatic carboxylic acids is 1. The van der Waals surface area contributed by atoms with Crippen molar-refractivity contribution in [3.05, 3.63) is 22.3 Å². The van der Waals surface area contributed by atoms with Crippen molar-refractivity contribution in [2.45, 2.75) is 30.7 Å². The third-order valence-electron chi connectivity index (χ3n) is 8.06. The molecule has 1 aromatic rings. The smallest absolute Gasteiger partial charge is 0.352 e. The Hall–Kier alpha value is -3.61. The lowest BCUT2D eigenvalue weighted by Gasteiger charge is -2.55. The molecule has 5 aliphatic rings. The van der Waals surface area contributed by atoms with Crippen molar-refractivity contribution in [1.82, 2.24) is 15.2 Å². The number of thiazole rings is 1. The van der Waals surface area contributed by atoms with Crippen LogP contribution in [0.2, 0.25) is 0 Å². The SMILES string of the molecule is C#CCO/N=C(\C(=O)N[C@@H]1C(=O)N2C(C(=O)O)=C(C[N+]34CCC(C(N)=O)(CC3)CC4)CS[C@@H]12)c1csc(N)n1. The maximum absolute atomic E-state index is 13.2. The van der Waals surface area contributed by atoms with Gasteiger partial charge in [-0.1, -0.05) is 11.1 Å². The number of carbonyl (C=O) groups excluding carboxylic acids is 3. The highest BCUT2D eigenvalue weighted by Crippen LogP contribution is 2.46. The highest BCUT2D eigenvalue weighted by molar-refractivity contribution is 8.00. The molecular formula is C24H28N7O6S2+. The number of carboxylic acid groups (broad SMARTS) is 1. The number of carbonyl (C=O) groups is 4. The van der Waals surface area contributed by atoms with Crippen molar-refractivity contribution in [2.75, 3.05) is 44.3 Å². The van der Waals surface area contributed by atoms with Crippen molar-refractivity contribution < 1.29 is 33.6 Å². The first-order valence-corrected chi connectivity index (χ1v) is 14.2. The van der Waals surface area contributed by atoms with Gasteiger partial charge in [0.2, 0.25) is 5.91 Å². The Balaban J connectivity index is 1.32. The molecule has 6 rings (SSSR count). The van der Waals surface area contributed by atoms with Crippen molar-refractivity contribution in [3.8, 4) is 12.3 Å². The maximum Gasteiger partial charge on any atom is 0.352 e. The highest BCUT2D eigenvalue weighted by atomic mass is 32.2. The normalized spacial score (nSPS) is 29.8. The molecule has 39 heavy (non-hydrogen) atoms. The number of carboxylic acids is 1. The fourth-order valence-corrected chi connectivity index (χ4v) is 7.71. The van der Waals surface area contributed by atoms with Crippen LogP contribution in [0.3, 0.4) is 0 Å². The van der Waals surface area contributed by atoms with E-state index in [1.807, 2.05) is 0 Å². The minimum absolute atomic E-state index is 0.0300. The van der Waals surface area contributed by atoms with Crippen LogP contribution in [0.5, 0.6) is 0 Å². The first-order valence-electron chi connectivity index (χ1n) is 12.3. The number of rotatable bonds is 9. The van der Waals surface area contributed by atoms with Gasteiger partial charge in [0.05, 0.1) is 25.0 Å². The summed E-state index contributed by atoms with van der Waals surface area (Å²) in [7, 11) is 0. The number of anilines is 1. The minimum atomic E-state index is -1.19. The lowest BCUT2D eigenvalue weighted by Crippen LogP contribution is -2.71. The molecule has 0 unspecified atom stereocenters. The number of nitrogens with two attached hydrogens (primary N) is 2. The van der Waals surface area contributed by atoms with E-state index in [1.165, 1.54) is 22.0 Å². The van der Waals surface area contributed by atoms with Gasteiger partial charge < -0.3 is 31.2 Å². The zero-order chi connectivity index (χ0) is 27.9. The van der Waals surface area contributed by atoms with Gasteiger partial charge in [-0.3, -0.25) is 19.3 Å². The van der Waals surface area contributed by atoms with Crippen LogP contribution in [0.4, 0.5) is 5.13 Å². The number of terminal acetylenes is 1. The van der Waals surface area contributed by atoms with Crippen LogP contribution < -0.4 is 16.8 Å². The number of fused-ring (bicyclic) bond motifs is 4. The number of amides is 3. The Labute approximate surface area is 232 Å². The summed E-state index contributed by atoms with van der Waals surface area (Å²) in [5, 5.41) is 17.7. The number of nitrogens with one attached hydrogen (secondary N) is 1. The number of hydrogen-bond donors (Lipinski definition) is 4. The third kappa shape index (κ3) is 4.72. The minimum Gasteiger partial charge on any atom is -0.477 e. The summed E-state index contributed by atoms with van der Waals surface area (Å²) in [5.41, 5.74) is 11.5. The second-order valence-corrected chi connectivity index (χ2v) is 12.2. The van der Waals surface area contributed by atoms with Crippen LogP contribution in [0, 0.1) is 17.8 Å². The van der Waals surface area contributed by atoms with E-state index in [2.05, 4.69) is 21.4 Å². The fourth-order valence-electron chi connectivity index (χ4n) is 5.83. The van der Waals surface area contributed by atoms with Gasteiger partial charge in [0.1, 0.15) is 29.4 Å². The molecule has 0 aromatic carbocycles. The summed E-state index contributed by atoms with van der Waals surface area (Å²) in [6.45, 7) is 2.54. The molecule has 15 heteroatoms. The number of oxime groups is 1. The summed E-state index contributed by atoms with van der Waals surface area (Å²) in [5.74, 6) is -0.0458. The predicted octanol–water partition coefficient (Wildman–Crippen LogP) is -0.696. The van der Waals surface area contributed by atoms with Crippen molar-refractivity contribution >= 4 is 57.6 Å². The predicted molar refractivity (Wildman–Crippen MR) is 143 cm³/mol. The van der Waals surface area contributed by atoms with E-state index in [-0.39, 0.29) is 34.7 Å². The quantitative estimate of drug-likeness (QED) is 0.0738. The van der Waals surface area contributed by atoms with E-state index >= 15 is 0 Å². The molecule has 0 spiro atoms. The highest BCUT2D eigenvalue weighted by Gasteiger charge is 2.57. The van der Waals surface area contributed by atoms with Crippen molar-refractivity contribution in [1.29, 1.82) is 0 Å². The molecule has 2 bridgehead atoms. The number of quaternary nitrogens is 1. The molecule has 1 aromatic heterocycles. The van der Waals surface area contributed by atoms with Gasteiger partial charge >= 0.3 is 5.97 Å². The molecule has 4 fully saturated rings. The van der Waals surface area contributed by atoms with Gasteiger partial charge in [0.25, 0.3) is 11.8 Å². The number of thioether (sulfide) groups is 1. The van der Waals surface area contributed by atoms with Gasteiger partial charge in [-0.05, 0) is 0 Å². The zero-order valence-corrected chi connectivity index (χ0v) is 22.6. The van der Waals surface area contributed by atoms with E-state index < -0.39 is 34.6 Å². The summed E-state index contributed by atoms with van der Waals surface area (Å²) in [6, 6.07) is -0.958. The first kappa shape index (κ1) is 27.0. The standard InChI is InChI=1S/C24H27N7O6S2/c1-2-9-37-29-15(14-12-39-23(26)27-14)18(32)28-16-19(33)30-17(21(34)35)13(11-38-20(16)30)10-31-6-3-24(4-7-31,5-8-31)22(25)36/h1,12,16,20H,3-11H2,(H5-,25,26,27,28,32,34,35,36)/p+1/b29-15-/t16-,20+,24?,31?/m1/s1. The molecule has 5 aliphatic heterocycles. The van der Waals surface area contributed by atoms with Crippen LogP contribution in [0.25, 0.3) is 0 Å². The van der Waals surface area contributed by atoms with Gasteiger partial charge in [-0.15, -0.1) is 29.5 Å². The summed E-state index contributed by atoms with van der Waals surface area (Å²) in [6.07, 6.45) is 7.23. The Morgan fingerprint density at radius 2 is 2.03 bits per heavy atom. The third-order valence-corrected chi connectivity index (χ3v) is 10.1. The lowest BCUT2D eigenvalue weighted by atomic mass is 9.70. The van der Waals surface area contributed by atoms with Crippen molar-refractivity contribution in [2.24, 2.45) is 16.3 Å². The Morgan fingerprint density at radius 3 is 2.59 bits per heavy atom. The molecule has 2 atom stereocenters. The number of β-lactam (4-membered cyclic amide) rings is 1. The number of nitrogens with zero attached hydrogens (tertiary/aromatic N) is 4. The largest absolute Gasteiger partial charge is 0.477 e. The molecule has 206 valence electrons. The van der Waals surface area contributed by atoms with Gasteiger partial charge in [0.15, 0.2) is 17.5 Å². The average molecular weight is 575 g/mol. The zero-order valence-electron chi connectivity index (χ0n) is 20.9. The fraction of sp³-hybridized carbons (Fsp3) is 0.500. The number of primary amides is 1. The maximum atomic E-state index is 13.2. The molecule has 3 amide bonds. The second kappa shape index (κ2) is 10.2. The van der Waals surface area contributed by atoms with E-state index in [4.69, 9.17) is 22.7 Å². The van der Waals surface area contributed by atoms with E-state index in [0.29, 0.717) is 41.6 Å². The van der Waals surface area contributed by atoms with Crippen LogP contribution in [0.1, 0.15) is 25.0 Å². The van der Waals surface area contributed by atoms with Crippen LogP contribution in [-0.2, 0) is 24.0 Å². The van der Waals surface area contributed by atoms with Gasteiger partial charge in [-0.2, -0.15) is 0 Å². The molecule has 0 radical (unpaired) electrons. The number of hydrogen-bond acceptors (Lipinski definition) is 10. The lowest BCUT2D eigenvalue weighted by molar-refractivity contribution is -0.940. The Bertz CT molecular complexity index is 1320. The van der Waals surface area contributed by atoms with E-state index in [1.54, 1.807) is 0 Å². The second-order valence-electron chi connectivity index (χ2n) is 10.2. The summed E-state index contributed by atoms with van der Waals surface area (Å²) in [4.78, 5) is 60.9. The van der Waals surface area contributed by atoms with Gasteiger partial charge in [0, 0.05) is 36.0 Å². The summed E-state index contributed by atoms with van der Waals surface area (Å²) >= 11 is 2.50. The molecule has 0 aliphatic carbocycles. The van der Waals surface area contributed by atoms with Crippen LogP contribution >= 0.6 is 23.1 Å². The Kier molecular flexibility index (Phi) is 7.04. The molecule has 13 nitrogen and oxygen atoms in total. The van der Waals surface area contributed by atoms with Crippen LogP contribution in [0.15, 0.2) is 21.8 Å². The van der Waals surface area contributed by atoms with Crippen LogP contribution in [-0.4, -0.2) is 98.8 Å². The number of aromatic nitrogens is 1. The number of piperidine rings is 3. The van der Waals surface area contributed by atoms with Crippen molar-refractivity contribution in [3.63, 3.8) is 0 Å². The average Bonchev–Trinajstić information content (AvgIpc) is 3.35. The molecular weight excluding hydrogens is 546 g/mol. The topological polar surface area (TPSA) is 190 Å². The van der Waals surface area contributed by atoms with E-state index in [0.717, 1.165) is 31.0 Å². The van der Waals surface area contributed by atoms with E-state index in [9.17, 15) is 24.3 Å². The monoisotopic (exact) mass is 574 g/mol. The number of nitrogen functional groups attached to an aromatic ring is 1. The molecule has 6 heterocycles. The molecule has 6 N–H and O–H groups in total. The Morgan fingerprint density at radius 1 is 1.33 bits per heavy atom. The van der Waals surface area contributed by atoms with Gasteiger partial charge in [-0.25, -0.2) is 9.78 Å². The molecule has 4 saturated heterocycles. The summed E-state index contributed by atoms with van der Waals surface area (Å²) < 4.78 is 0.683.